The molecule has 4 rings (SSSR count). The Labute approximate surface area is 221 Å². The summed E-state index contributed by atoms with van der Waals surface area (Å²) in [5, 5.41) is 3.38. The Kier molecular flexibility index (Phi) is 10.5. The number of aryl methyl sites for hydroxylation is 2. The third-order valence-corrected chi connectivity index (χ3v) is 7.15. The molecule has 0 aliphatic carbocycles. The Morgan fingerprint density at radius 2 is 1.14 bits per heavy atom. The second kappa shape index (κ2) is 14.5. The normalized spacial score (nSPS) is 23.9. The van der Waals surface area contributed by atoms with Gasteiger partial charge in [-0.25, -0.2) is 0 Å². The Balaban J connectivity index is 1.51. The molecule has 4 nitrogen and oxygen atoms in total. The SMILES string of the molecule is C[C@@H]1C(=O)N[C@@H](Cc2ccccc2)[C@@H](CCc2ccccc2)OC/C=C\CO[C@@H]1CCc1ccccc1. The molecule has 0 bridgehead atoms. The summed E-state index contributed by atoms with van der Waals surface area (Å²) >= 11 is 0. The van der Waals surface area contributed by atoms with Crippen LogP contribution in [0.3, 0.4) is 0 Å². The van der Waals surface area contributed by atoms with Crippen molar-refractivity contribution in [2.45, 2.75) is 57.3 Å². The zero-order valence-corrected chi connectivity index (χ0v) is 21.8. The van der Waals surface area contributed by atoms with E-state index in [0.29, 0.717) is 13.2 Å². The highest BCUT2D eigenvalue weighted by atomic mass is 16.5. The first-order valence-electron chi connectivity index (χ1n) is 13.5. The summed E-state index contributed by atoms with van der Waals surface area (Å²) in [4.78, 5) is 13.6. The molecule has 0 unspecified atom stereocenters. The summed E-state index contributed by atoms with van der Waals surface area (Å²) in [5.74, 6) is -0.249. The molecule has 0 fully saturated rings. The summed E-state index contributed by atoms with van der Waals surface area (Å²) < 4.78 is 12.6. The molecule has 4 atom stereocenters. The molecule has 0 saturated heterocycles. The number of rotatable bonds is 8. The minimum atomic E-state index is -0.274. The van der Waals surface area contributed by atoms with Crippen LogP contribution >= 0.6 is 0 Å². The lowest BCUT2D eigenvalue weighted by atomic mass is 9.93. The quantitative estimate of drug-likeness (QED) is 0.391. The van der Waals surface area contributed by atoms with Crippen LogP contribution in [0.5, 0.6) is 0 Å². The zero-order chi connectivity index (χ0) is 25.7. The number of carbonyl (C=O) groups is 1. The second-order valence-corrected chi connectivity index (χ2v) is 9.86. The van der Waals surface area contributed by atoms with Crippen LogP contribution in [-0.4, -0.2) is 37.4 Å². The van der Waals surface area contributed by atoms with Crippen LogP contribution < -0.4 is 5.32 Å². The van der Waals surface area contributed by atoms with Crippen LogP contribution in [0, 0.1) is 5.92 Å². The fraction of sp³-hybridized carbons (Fsp3) is 0.364. The first-order valence-corrected chi connectivity index (χ1v) is 13.5. The third-order valence-electron chi connectivity index (χ3n) is 7.15. The highest BCUT2D eigenvalue weighted by Crippen LogP contribution is 2.20. The number of amides is 1. The van der Waals surface area contributed by atoms with E-state index in [0.717, 1.165) is 32.1 Å². The largest absolute Gasteiger partial charge is 0.373 e. The fourth-order valence-corrected chi connectivity index (χ4v) is 4.91. The lowest BCUT2D eigenvalue weighted by molar-refractivity contribution is -0.131. The standard InChI is InChI=1S/C33H39NO3/c1-26-31(21-19-27-13-5-2-6-14-27)36-23-11-12-24-37-32(22-20-28-15-7-3-8-16-28)30(34-33(26)35)25-29-17-9-4-10-18-29/h2-18,26,30-32H,19-25H2,1H3,(H,34,35)/b12-11-/t26-,30-,31+,32+/m0/s1. The van der Waals surface area contributed by atoms with Gasteiger partial charge in [0.15, 0.2) is 0 Å². The van der Waals surface area contributed by atoms with E-state index in [1.54, 1.807) is 0 Å². The average Bonchev–Trinajstić information content (AvgIpc) is 2.94. The molecule has 0 radical (unpaired) electrons. The molecule has 0 spiro atoms. The molecule has 1 amide bonds. The van der Waals surface area contributed by atoms with E-state index in [-0.39, 0.29) is 30.1 Å². The molecule has 1 N–H and O–H groups in total. The maximum Gasteiger partial charge on any atom is 0.225 e. The van der Waals surface area contributed by atoms with Gasteiger partial charge in [-0.15, -0.1) is 0 Å². The topological polar surface area (TPSA) is 47.6 Å². The molecule has 1 heterocycles. The maximum atomic E-state index is 13.6. The van der Waals surface area contributed by atoms with Gasteiger partial charge < -0.3 is 14.8 Å². The highest BCUT2D eigenvalue weighted by molar-refractivity contribution is 5.79. The lowest BCUT2D eigenvalue weighted by Gasteiger charge is -2.31. The van der Waals surface area contributed by atoms with E-state index in [2.05, 4.69) is 66.0 Å². The zero-order valence-electron chi connectivity index (χ0n) is 21.8. The van der Waals surface area contributed by atoms with E-state index < -0.39 is 0 Å². The predicted octanol–water partition coefficient (Wildman–Crippen LogP) is 5.96. The van der Waals surface area contributed by atoms with Gasteiger partial charge in [0.25, 0.3) is 0 Å². The summed E-state index contributed by atoms with van der Waals surface area (Å²) in [7, 11) is 0. The van der Waals surface area contributed by atoms with Gasteiger partial charge in [0, 0.05) is 0 Å². The summed E-state index contributed by atoms with van der Waals surface area (Å²) in [6.45, 7) is 2.96. The average molecular weight is 498 g/mol. The number of benzene rings is 3. The van der Waals surface area contributed by atoms with E-state index in [9.17, 15) is 4.79 Å². The molecule has 37 heavy (non-hydrogen) atoms. The van der Waals surface area contributed by atoms with Gasteiger partial charge in [-0.1, -0.05) is 110 Å². The third kappa shape index (κ3) is 8.70. The minimum Gasteiger partial charge on any atom is -0.373 e. The van der Waals surface area contributed by atoms with Crippen molar-refractivity contribution in [3.8, 4) is 0 Å². The van der Waals surface area contributed by atoms with Crippen molar-refractivity contribution in [1.29, 1.82) is 0 Å². The van der Waals surface area contributed by atoms with Crippen molar-refractivity contribution in [1.82, 2.24) is 5.32 Å². The van der Waals surface area contributed by atoms with Crippen molar-refractivity contribution in [2.75, 3.05) is 13.2 Å². The van der Waals surface area contributed by atoms with Crippen molar-refractivity contribution in [3.63, 3.8) is 0 Å². The van der Waals surface area contributed by atoms with Crippen molar-refractivity contribution in [3.05, 3.63) is 120 Å². The molecule has 1 aliphatic heterocycles. The summed E-state index contributed by atoms with van der Waals surface area (Å²) in [5.41, 5.74) is 3.73. The van der Waals surface area contributed by atoms with Gasteiger partial charge in [-0.05, 0) is 48.8 Å². The van der Waals surface area contributed by atoms with Crippen LogP contribution in [0.25, 0.3) is 0 Å². The number of ether oxygens (including phenoxy) is 2. The molecule has 194 valence electrons. The Bertz CT molecular complexity index is 1080. The molecule has 3 aromatic carbocycles. The summed E-state index contributed by atoms with van der Waals surface area (Å²) in [6, 6.07) is 31.1. The first kappa shape index (κ1) is 26.8. The van der Waals surface area contributed by atoms with Gasteiger partial charge in [0.2, 0.25) is 5.91 Å². The second-order valence-electron chi connectivity index (χ2n) is 9.86. The molecule has 3 aromatic rings. The van der Waals surface area contributed by atoms with Crippen molar-refractivity contribution in [2.24, 2.45) is 5.92 Å². The lowest BCUT2D eigenvalue weighted by Crippen LogP contribution is -2.50. The van der Waals surface area contributed by atoms with Gasteiger partial charge in [0.05, 0.1) is 37.4 Å². The fourth-order valence-electron chi connectivity index (χ4n) is 4.91. The van der Waals surface area contributed by atoms with Gasteiger partial charge >= 0.3 is 0 Å². The minimum absolute atomic E-state index is 0.0249. The van der Waals surface area contributed by atoms with E-state index in [1.807, 2.05) is 49.4 Å². The van der Waals surface area contributed by atoms with E-state index in [4.69, 9.17) is 9.47 Å². The van der Waals surface area contributed by atoms with Gasteiger partial charge in [-0.3, -0.25) is 4.79 Å². The Morgan fingerprint density at radius 1 is 0.676 bits per heavy atom. The van der Waals surface area contributed by atoms with Gasteiger partial charge in [-0.2, -0.15) is 0 Å². The van der Waals surface area contributed by atoms with Crippen LogP contribution in [0.2, 0.25) is 0 Å². The first-order chi connectivity index (χ1) is 18.2. The number of nitrogens with one attached hydrogen (secondary N) is 1. The number of hydrogen-bond acceptors (Lipinski definition) is 3. The summed E-state index contributed by atoms with van der Waals surface area (Å²) in [6.07, 6.45) is 7.91. The van der Waals surface area contributed by atoms with Gasteiger partial charge in [0.1, 0.15) is 0 Å². The van der Waals surface area contributed by atoms with E-state index in [1.165, 1.54) is 16.7 Å². The smallest absolute Gasteiger partial charge is 0.225 e. The molecule has 0 saturated carbocycles. The van der Waals surface area contributed by atoms with Crippen LogP contribution in [0.4, 0.5) is 0 Å². The Hall–Kier alpha value is -3.21. The molecule has 0 aromatic heterocycles. The van der Waals surface area contributed by atoms with Crippen molar-refractivity contribution >= 4 is 5.91 Å². The van der Waals surface area contributed by atoms with Crippen LogP contribution in [0.15, 0.2) is 103 Å². The number of carbonyl (C=O) groups excluding carboxylic acids is 1. The maximum absolute atomic E-state index is 13.6. The monoisotopic (exact) mass is 497 g/mol. The predicted molar refractivity (Wildman–Crippen MR) is 149 cm³/mol. The molecular weight excluding hydrogens is 458 g/mol. The molecule has 1 aliphatic rings. The number of hydrogen-bond donors (Lipinski definition) is 1. The molecule has 4 heteroatoms. The van der Waals surface area contributed by atoms with Crippen LogP contribution in [-0.2, 0) is 33.5 Å². The van der Waals surface area contributed by atoms with E-state index >= 15 is 0 Å². The highest BCUT2D eigenvalue weighted by Gasteiger charge is 2.30. The van der Waals surface area contributed by atoms with Crippen molar-refractivity contribution < 1.29 is 14.3 Å². The van der Waals surface area contributed by atoms with Crippen LogP contribution in [0.1, 0.15) is 36.5 Å². The Morgan fingerprint density at radius 3 is 1.68 bits per heavy atom. The molecular formula is C33H39NO3.